The standard InChI is InChI=1S/C12H23N3O2/c1-14-10-2-3-11(14)8-15(6-4-10)9-12(17)13-5-7-16/h10-11,16H,2-9H2,1H3,(H,13,17). The summed E-state index contributed by atoms with van der Waals surface area (Å²) in [5, 5.41) is 11.4. The summed E-state index contributed by atoms with van der Waals surface area (Å²) in [6.45, 7) is 2.85. The molecule has 5 heteroatoms. The van der Waals surface area contributed by atoms with Crippen LogP contribution >= 0.6 is 0 Å². The maximum absolute atomic E-state index is 11.6. The molecule has 0 aliphatic carbocycles. The van der Waals surface area contributed by atoms with Crippen molar-refractivity contribution in [3.05, 3.63) is 0 Å². The van der Waals surface area contributed by atoms with E-state index in [4.69, 9.17) is 5.11 Å². The Balaban J connectivity index is 1.80. The lowest BCUT2D eigenvalue weighted by Gasteiger charge is -2.25. The Kier molecular flexibility index (Phi) is 4.36. The predicted octanol–water partition coefficient (Wildman–Crippen LogP) is -0.737. The fraction of sp³-hybridized carbons (Fsp3) is 0.917. The number of rotatable bonds is 4. The van der Waals surface area contributed by atoms with Gasteiger partial charge < -0.3 is 10.4 Å². The van der Waals surface area contributed by atoms with Crippen LogP contribution in [-0.4, -0.2) is 72.7 Å². The van der Waals surface area contributed by atoms with Gasteiger partial charge in [-0.05, 0) is 26.3 Å². The van der Waals surface area contributed by atoms with Crippen LogP contribution in [-0.2, 0) is 4.79 Å². The lowest BCUT2D eigenvalue weighted by Crippen LogP contribution is -2.42. The molecule has 2 unspecified atom stereocenters. The third kappa shape index (κ3) is 3.18. The van der Waals surface area contributed by atoms with Gasteiger partial charge in [-0.3, -0.25) is 14.6 Å². The number of likely N-dealkylation sites (tertiary alicyclic amines) is 1. The zero-order chi connectivity index (χ0) is 12.3. The van der Waals surface area contributed by atoms with Gasteiger partial charge in [0.25, 0.3) is 0 Å². The summed E-state index contributed by atoms with van der Waals surface area (Å²) in [6, 6.07) is 1.33. The van der Waals surface area contributed by atoms with Crippen molar-refractivity contribution in [2.75, 3.05) is 39.8 Å². The van der Waals surface area contributed by atoms with Gasteiger partial charge in [0.15, 0.2) is 0 Å². The van der Waals surface area contributed by atoms with E-state index in [0.29, 0.717) is 25.2 Å². The molecular weight excluding hydrogens is 218 g/mol. The van der Waals surface area contributed by atoms with E-state index < -0.39 is 0 Å². The highest BCUT2D eigenvalue weighted by Gasteiger charge is 2.34. The molecule has 0 saturated carbocycles. The quantitative estimate of drug-likeness (QED) is 0.681. The third-order valence-corrected chi connectivity index (χ3v) is 4.03. The third-order valence-electron chi connectivity index (χ3n) is 4.03. The minimum absolute atomic E-state index is 0.0131. The zero-order valence-electron chi connectivity index (χ0n) is 10.6. The van der Waals surface area contributed by atoms with Gasteiger partial charge in [-0.2, -0.15) is 0 Å². The normalized spacial score (nSPS) is 30.2. The minimum Gasteiger partial charge on any atom is -0.395 e. The molecule has 2 aliphatic heterocycles. The SMILES string of the molecule is CN1C2CCC1CN(CC(=O)NCCO)CC2. The Morgan fingerprint density at radius 1 is 1.35 bits per heavy atom. The average molecular weight is 241 g/mol. The second-order valence-corrected chi connectivity index (χ2v) is 5.15. The van der Waals surface area contributed by atoms with E-state index in [1.165, 1.54) is 19.3 Å². The maximum atomic E-state index is 11.6. The fourth-order valence-corrected chi connectivity index (χ4v) is 2.98. The summed E-state index contributed by atoms with van der Waals surface area (Å²) in [7, 11) is 2.21. The Bertz CT molecular complexity index is 272. The average Bonchev–Trinajstić information content (AvgIpc) is 2.55. The second kappa shape index (κ2) is 5.80. The van der Waals surface area contributed by atoms with E-state index in [-0.39, 0.29) is 12.5 Å². The summed E-state index contributed by atoms with van der Waals surface area (Å²) >= 11 is 0. The highest BCUT2D eigenvalue weighted by atomic mass is 16.3. The van der Waals surface area contributed by atoms with Crippen LogP contribution in [0.3, 0.4) is 0 Å². The summed E-state index contributed by atoms with van der Waals surface area (Å²) in [6.07, 6.45) is 3.74. The van der Waals surface area contributed by atoms with Gasteiger partial charge in [0, 0.05) is 31.7 Å². The lowest BCUT2D eigenvalue weighted by molar-refractivity contribution is -0.122. The molecule has 0 radical (unpaired) electrons. The molecule has 2 N–H and O–H groups in total. The van der Waals surface area contributed by atoms with Gasteiger partial charge in [0.05, 0.1) is 13.2 Å². The summed E-state index contributed by atoms with van der Waals surface area (Å²) < 4.78 is 0. The number of nitrogens with zero attached hydrogens (tertiary/aromatic N) is 2. The molecule has 2 rings (SSSR count). The van der Waals surface area contributed by atoms with Crippen molar-refractivity contribution >= 4 is 5.91 Å². The van der Waals surface area contributed by atoms with Gasteiger partial charge in [0.1, 0.15) is 0 Å². The summed E-state index contributed by atoms with van der Waals surface area (Å²) in [5.74, 6) is 0.0273. The smallest absolute Gasteiger partial charge is 0.234 e. The van der Waals surface area contributed by atoms with Gasteiger partial charge in [-0.15, -0.1) is 0 Å². The number of likely N-dealkylation sites (N-methyl/N-ethyl adjacent to an activating group) is 1. The Morgan fingerprint density at radius 2 is 2.12 bits per heavy atom. The molecule has 0 aromatic rings. The van der Waals surface area contributed by atoms with Crippen molar-refractivity contribution in [3.63, 3.8) is 0 Å². The largest absolute Gasteiger partial charge is 0.395 e. The Hall–Kier alpha value is -0.650. The van der Waals surface area contributed by atoms with Crippen molar-refractivity contribution in [3.8, 4) is 0 Å². The number of amides is 1. The highest BCUT2D eigenvalue weighted by Crippen LogP contribution is 2.28. The van der Waals surface area contributed by atoms with Crippen molar-refractivity contribution in [1.82, 2.24) is 15.1 Å². The molecule has 0 aromatic heterocycles. The predicted molar refractivity (Wildman–Crippen MR) is 65.7 cm³/mol. The highest BCUT2D eigenvalue weighted by molar-refractivity contribution is 5.77. The maximum Gasteiger partial charge on any atom is 0.234 e. The van der Waals surface area contributed by atoms with E-state index in [1.807, 2.05) is 0 Å². The molecule has 2 aliphatic rings. The first-order valence-electron chi connectivity index (χ1n) is 6.52. The molecule has 2 fully saturated rings. The van der Waals surface area contributed by atoms with Crippen LogP contribution in [0, 0.1) is 0 Å². The van der Waals surface area contributed by atoms with Crippen molar-refractivity contribution < 1.29 is 9.90 Å². The van der Waals surface area contributed by atoms with Gasteiger partial charge in [-0.1, -0.05) is 0 Å². The number of carbonyl (C=O) groups is 1. The molecule has 98 valence electrons. The molecule has 5 nitrogen and oxygen atoms in total. The molecule has 2 atom stereocenters. The number of aliphatic hydroxyl groups is 1. The number of hydrogen-bond acceptors (Lipinski definition) is 4. The van der Waals surface area contributed by atoms with Crippen LogP contribution in [0.4, 0.5) is 0 Å². The van der Waals surface area contributed by atoms with E-state index in [0.717, 1.165) is 13.1 Å². The number of carbonyl (C=O) groups excluding carboxylic acids is 1. The fourth-order valence-electron chi connectivity index (χ4n) is 2.98. The summed E-state index contributed by atoms with van der Waals surface area (Å²) in [5.41, 5.74) is 0. The van der Waals surface area contributed by atoms with E-state index in [1.54, 1.807) is 0 Å². The topological polar surface area (TPSA) is 55.8 Å². The van der Waals surface area contributed by atoms with Crippen LogP contribution in [0.5, 0.6) is 0 Å². The molecule has 17 heavy (non-hydrogen) atoms. The molecule has 0 aromatic carbocycles. The summed E-state index contributed by atoms with van der Waals surface area (Å²) in [4.78, 5) is 16.3. The molecule has 0 spiro atoms. The first-order valence-corrected chi connectivity index (χ1v) is 6.52. The van der Waals surface area contributed by atoms with Gasteiger partial charge in [0.2, 0.25) is 5.91 Å². The molecular formula is C12H23N3O2. The number of fused-ring (bicyclic) bond motifs is 2. The molecule has 2 heterocycles. The van der Waals surface area contributed by atoms with Crippen molar-refractivity contribution in [2.24, 2.45) is 0 Å². The van der Waals surface area contributed by atoms with Crippen LogP contribution in [0.1, 0.15) is 19.3 Å². The van der Waals surface area contributed by atoms with Crippen LogP contribution in [0.2, 0.25) is 0 Å². The van der Waals surface area contributed by atoms with Crippen molar-refractivity contribution in [1.29, 1.82) is 0 Å². The Labute approximate surface area is 103 Å². The van der Waals surface area contributed by atoms with E-state index in [2.05, 4.69) is 22.2 Å². The molecule has 2 bridgehead atoms. The van der Waals surface area contributed by atoms with E-state index >= 15 is 0 Å². The van der Waals surface area contributed by atoms with Crippen molar-refractivity contribution in [2.45, 2.75) is 31.3 Å². The number of nitrogens with one attached hydrogen (secondary N) is 1. The number of hydrogen-bond donors (Lipinski definition) is 2. The first-order chi connectivity index (χ1) is 8.20. The van der Waals surface area contributed by atoms with E-state index in [9.17, 15) is 4.79 Å². The Morgan fingerprint density at radius 3 is 2.88 bits per heavy atom. The zero-order valence-corrected chi connectivity index (χ0v) is 10.6. The van der Waals surface area contributed by atoms with Gasteiger partial charge >= 0.3 is 0 Å². The molecule has 1 amide bonds. The lowest BCUT2D eigenvalue weighted by atomic mass is 10.1. The second-order valence-electron chi connectivity index (χ2n) is 5.15. The minimum atomic E-state index is 0.0131. The van der Waals surface area contributed by atoms with Crippen LogP contribution in [0.15, 0.2) is 0 Å². The van der Waals surface area contributed by atoms with Crippen LogP contribution < -0.4 is 5.32 Å². The van der Waals surface area contributed by atoms with Crippen LogP contribution in [0.25, 0.3) is 0 Å². The van der Waals surface area contributed by atoms with Gasteiger partial charge in [-0.25, -0.2) is 0 Å². The first kappa shape index (κ1) is 12.8. The molecule has 2 saturated heterocycles. The number of aliphatic hydroxyl groups excluding tert-OH is 1. The monoisotopic (exact) mass is 241 g/mol.